The highest BCUT2D eigenvalue weighted by Crippen LogP contribution is 2.21. The molecule has 0 aromatic carbocycles. The smallest absolute Gasteiger partial charge is 0.236 e. The monoisotopic (exact) mass is 310 g/mol. The third kappa shape index (κ3) is 4.68. The molecule has 0 bridgehead atoms. The van der Waals surface area contributed by atoms with Crippen LogP contribution in [0.3, 0.4) is 0 Å². The van der Waals surface area contributed by atoms with Gasteiger partial charge in [-0.15, -0.1) is 0 Å². The Balaban J connectivity index is 1.73. The Hall–Kier alpha value is -1.14. The van der Waals surface area contributed by atoms with Gasteiger partial charge in [-0.1, -0.05) is 19.3 Å². The minimum Gasteiger partial charge on any atom is -0.342 e. The second-order valence-corrected chi connectivity index (χ2v) is 6.48. The van der Waals surface area contributed by atoms with Crippen molar-refractivity contribution in [3.63, 3.8) is 0 Å². The maximum Gasteiger partial charge on any atom is 0.236 e. The van der Waals surface area contributed by atoms with Gasteiger partial charge in [-0.2, -0.15) is 0 Å². The maximum atomic E-state index is 12.4. The number of hydrogen-bond acceptors (Lipinski definition) is 4. The molecular weight excluding hydrogens is 280 g/mol. The zero-order chi connectivity index (χ0) is 15.9. The van der Waals surface area contributed by atoms with Crippen LogP contribution in [0, 0.1) is 0 Å². The van der Waals surface area contributed by atoms with Gasteiger partial charge < -0.3 is 15.1 Å². The summed E-state index contributed by atoms with van der Waals surface area (Å²) >= 11 is 0. The van der Waals surface area contributed by atoms with Crippen LogP contribution in [0.2, 0.25) is 0 Å². The van der Waals surface area contributed by atoms with Gasteiger partial charge in [-0.05, 0) is 19.9 Å². The molecule has 2 fully saturated rings. The first-order chi connectivity index (χ1) is 10.6. The van der Waals surface area contributed by atoms with Gasteiger partial charge in [0.1, 0.15) is 0 Å². The standard InChI is InChI=1S/C16H30N4O2/c1-17-12-15(21)20-10-8-19(9-11-20)13-16(22)18(2)14-6-4-3-5-7-14/h14,17H,3-13H2,1-2H3. The van der Waals surface area contributed by atoms with Gasteiger partial charge in [0, 0.05) is 39.3 Å². The molecular formula is C16H30N4O2. The Morgan fingerprint density at radius 1 is 1.09 bits per heavy atom. The molecule has 22 heavy (non-hydrogen) atoms. The first-order valence-corrected chi connectivity index (χ1v) is 8.52. The highest BCUT2D eigenvalue weighted by molar-refractivity contribution is 5.79. The molecule has 2 aliphatic rings. The first-order valence-electron chi connectivity index (χ1n) is 8.52. The second-order valence-electron chi connectivity index (χ2n) is 6.48. The van der Waals surface area contributed by atoms with Crippen molar-refractivity contribution < 1.29 is 9.59 Å². The third-order valence-corrected chi connectivity index (χ3v) is 4.93. The number of piperazine rings is 1. The van der Waals surface area contributed by atoms with E-state index in [1.807, 2.05) is 16.8 Å². The molecule has 0 unspecified atom stereocenters. The zero-order valence-electron chi connectivity index (χ0n) is 14.0. The zero-order valence-corrected chi connectivity index (χ0v) is 14.0. The molecule has 0 spiro atoms. The molecule has 2 rings (SSSR count). The van der Waals surface area contributed by atoms with Gasteiger partial charge in [-0.25, -0.2) is 0 Å². The van der Waals surface area contributed by atoms with E-state index in [-0.39, 0.29) is 11.8 Å². The van der Waals surface area contributed by atoms with Crippen molar-refractivity contribution in [2.75, 3.05) is 53.4 Å². The predicted molar refractivity (Wildman–Crippen MR) is 86.6 cm³/mol. The summed E-state index contributed by atoms with van der Waals surface area (Å²) in [4.78, 5) is 30.2. The summed E-state index contributed by atoms with van der Waals surface area (Å²) in [5.74, 6) is 0.370. The van der Waals surface area contributed by atoms with Gasteiger partial charge in [-0.3, -0.25) is 14.5 Å². The van der Waals surface area contributed by atoms with E-state index in [9.17, 15) is 9.59 Å². The predicted octanol–water partition coefficient (Wildman–Crippen LogP) is 0.141. The maximum absolute atomic E-state index is 12.4. The Morgan fingerprint density at radius 3 is 2.32 bits per heavy atom. The summed E-state index contributed by atoms with van der Waals surface area (Å²) in [6, 6.07) is 0.430. The molecule has 1 N–H and O–H groups in total. The minimum atomic E-state index is 0.146. The number of rotatable bonds is 5. The number of nitrogens with one attached hydrogen (secondary N) is 1. The fourth-order valence-electron chi connectivity index (χ4n) is 3.39. The molecule has 1 aliphatic heterocycles. The van der Waals surface area contributed by atoms with E-state index in [1.165, 1.54) is 19.3 Å². The fourth-order valence-corrected chi connectivity index (χ4v) is 3.39. The van der Waals surface area contributed by atoms with Gasteiger partial charge in [0.2, 0.25) is 11.8 Å². The number of carbonyl (C=O) groups is 2. The van der Waals surface area contributed by atoms with Crippen LogP contribution in [0.4, 0.5) is 0 Å². The van der Waals surface area contributed by atoms with Gasteiger partial charge in [0.05, 0.1) is 13.1 Å². The number of carbonyl (C=O) groups excluding carboxylic acids is 2. The van der Waals surface area contributed by atoms with E-state index in [4.69, 9.17) is 0 Å². The van der Waals surface area contributed by atoms with Gasteiger partial charge in [0.25, 0.3) is 0 Å². The molecule has 0 aromatic rings. The summed E-state index contributed by atoms with van der Waals surface area (Å²) in [7, 11) is 3.74. The van der Waals surface area contributed by atoms with E-state index >= 15 is 0 Å². The Bertz CT molecular complexity index is 374. The highest BCUT2D eigenvalue weighted by atomic mass is 16.2. The van der Waals surface area contributed by atoms with E-state index in [0.717, 1.165) is 39.0 Å². The summed E-state index contributed by atoms with van der Waals surface area (Å²) < 4.78 is 0. The van der Waals surface area contributed by atoms with Crippen molar-refractivity contribution in [2.24, 2.45) is 0 Å². The van der Waals surface area contributed by atoms with Crippen LogP contribution in [0.1, 0.15) is 32.1 Å². The normalized spacial score (nSPS) is 20.9. The topological polar surface area (TPSA) is 55.9 Å². The lowest BCUT2D eigenvalue weighted by molar-refractivity contribution is -0.135. The van der Waals surface area contributed by atoms with Crippen molar-refractivity contribution in [3.8, 4) is 0 Å². The van der Waals surface area contributed by atoms with Crippen LogP contribution in [-0.4, -0.2) is 85.9 Å². The van der Waals surface area contributed by atoms with E-state index in [0.29, 0.717) is 19.1 Å². The van der Waals surface area contributed by atoms with Crippen LogP contribution in [-0.2, 0) is 9.59 Å². The molecule has 2 amide bonds. The SMILES string of the molecule is CNCC(=O)N1CCN(CC(=O)N(C)C2CCCCC2)CC1. The number of hydrogen-bond donors (Lipinski definition) is 1. The van der Waals surface area contributed by atoms with Crippen molar-refractivity contribution in [2.45, 2.75) is 38.1 Å². The van der Waals surface area contributed by atoms with Gasteiger partial charge in [0.15, 0.2) is 0 Å². The van der Waals surface area contributed by atoms with E-state index in [1.54, 1.807) is 7.05 Å². The quantitative estimate of drug-likeness (QED) is 0.785. The van der Waals surface area contributed by atoms with Crippen LogP contribution < -0.4 is 5.32 Å². The molecule has 6 heteroatoms. The Kier molecular flexibility index (Phi) is 6.64. The second kappa shape index (κ2) is 8.48. The molecule has 0 atom stereocenters. The average molecular weight is 310 g/mol. The summed E-state index contributed by atoms with van der Waals surface area (Å²) in [6.45, 7) is 3.91. The van der Waals surface area contributed by atoms with Crippen LogP contribution in [0.5, 0.6) is 0 Å². The summed E-state index contributed by atoms with van der Waals surface area (Å²) in [5.41, 5.74) is 0. The molecule has 1 heterocycles. The lowest BCUT2D eigenvalue weighted by atomic mass is 9.94. The van der Waals surface area contributed by atoms with Crippen molar-refractivity contribution >= 4 is 11.8 Å². The molecule has 1 saturated heterocycles. The van der Waals surface area contributed by atoms with Gasteiger partial charge >= 0.3 is 0 Å². The van der Waals surface area contributed by atoms with Crippen LogP contribution in [0.25, 0.3) is 0 Å². The minimum absolute atomic E-state index is 0.146. The molecule has 0 aromatic heterocycles. The fraction of sp³-hybridized carbons (Fsp3) is 0.875. The number of nitrogens with zero attached hydrogens (tertiary/aromatic N) is 3. The Labute approximate surface area is 133 Å². The lowest BCUT2D eigenvalue weighted by Gasteiger charge is -2.37. The first kappa shape index (κ1) is 17.2. The Morgan fingerprint density at radius 2 is 1.73 bits per heavy atom. The van der Waals surface area contributed by atoms with E-state index < -0.39 is 0 Å². The van der Waals surface area contributed by atoms with Crippen LogP contribution in [0.15, 0.2) is 0 Å². The number of amides is 2. The highest BCUT2D eigenvalue weighted by Gasteiger charge is 2.26. The average Bonchev–Trinajstić information content (AvgIpc) is 2.55. The number of likely N-dealkylation sites (N-methyl/N-ethyl adjacent to an activating group) is 2. The largest absolute Gasteiger partial charge is 0.342 e. The van der Waals surface area contributed by atoms with Crippen molar-refractivity contribution in [3.05, 3.63) is 0 Å². The molecule has 0 radical (unpaired) electrons. The summed E-state index contributed by atoms with van der Waals surface area (Å²) in [6.07, 6.45) is 6.09. The third-order valence-electron chi connectivity index (χ3n) is 4.93. The molecule has 126 valence electrons. The van der Waals surface area contributed by atoms with E-state index in [2.05, 4.69) is 10.2 Å². The molecule has 1 aliphatic carbocycles. The van der Waals surface area contributed by atoms with Crippen LogP contribution >= 0.6 is 0 Å². The molecule has 6 nitrogen and oxygen atoms in total. The van der Waals surface area contributed by atoms with Crippen molar-refractivity contribution in [1.29, 1.82) is 0 Å². The lowest BCUT2D eigenvalue weighted by Crippen LogP contribution is -2.53. The molecule has 1 saturated carbocycles. The van der Waals surface area contributed by atoms with Crippen molar-refractivity contribution in [1.82, 2.24) is 20.0 Å². The summed E-state index contributed by atoms with van der Waals surface area (Å²) in [5, 5.41) is 2.89.